The van der Waals surface area contributed by atoms with Crippen molar-refractivity contribution in [2.45, 2.75) is 87.4 Å². The molecule has 11 heteroatoms. The topological polar surface area (TPSA) is 125 Å². The Bertz CT molecular complexity index is 2580. The number of allylic oxidation sites excluding steroid dienone is 5. The molecule has 2 aliphatic carbocycles. The van der Waals surface area contributed by atoms with Crippen molar-refractivity contribution in [1.29, 1.82) is 0 Å². The van der Waals surface area contributed by atoms with E-state index in [2.05, 4.69) is 81.1 Å². The molecule has 0 saturated carbocycles. The highest BCUT2D eigenvalue weighted by atomic mass is 16.2. The highest BCUT2D eigenvalue weighted by molar-refractivity contribution is 5.86. The van der Waals surface area contributed by atoms with Gasteiger partial charge in [-0.05, 0) is 136 Å². The van der Waals surface area contributed by atoms with Crippen LogP contribution >= 0.6 is 0 Å². The average molecular weight is 856 g/mol. The Morgan fingerprint density at radius 2 is 1.33 bits per heavy atom. The zero-order valence-corrected chi connectivity index (χ0v) is 37.4. The molecular weight excluding hydrogens is 795 g/mol. The molecule has 5 aliphatic rings. The lowest BCUT2D eigenvalue weighted by Crippen LogP contribution is -2.46. The minimum atomic E-state index is -0.398. The number of amides is 2. The normalized spacial score (nSPS) is 21.6. The quantitative estimate of drug-likeness (QED) is 0.105. The number of likely N-dealkylation sites (N-methyl/N-ethyl adjacent to an activating group) is 2. The molecule has 2 amide bonds. The molecule has 2 aromatic heterocycles. The number of H-pyrrole nitrogens is 2. The first-order valence-corrected chi connectivity index (χ1v) is 23.4. The van der Waals surface area contributed by atoms with Gasteiger partial charge in [-0.15, -0.1) is 0 Å². The molecule has 11 nitrogen and oxygen atoms in total. The lowest BCUT2D eigenvalue weighted by atomic mass is 9.71. The first kappa shape index (κ1) is 42.1. The van der Waals surface area contributed by atoms with E-state index < -0.39 is 6.04 Å². The zero-order chi connectivity index (χ0) is 43.8. The van der Waals surface area contributed by atoms with Gasteiger partial charge in [-0.25, -0.2) is 9.97 Å². The number of hydrogen-bond acceptors (Lipinski definition) is 7. The van der Waals surface area contributed by atoms with E-state index in [0.29, 0.717) is 0 Å². The fraction of sp³-hybridized carbons (Fsp3) is 0.396. The Balaban J connectivity index is 0.914. The van der Waals surface area contributed by atoms with E-state index in [1.165, 1.54) is 27.8 Å². The van der Waals surface area contributed by atoms with Crippen molar-refractivity contribution in [3.8, 4) is 33.6 Å². The summed E-state index contributed by atoms with van der Waals surface area (Å²) >= 11 is 0. The molecule has 330 valence electrons. The molecule has 10 rings (SSSR count). The summed E-state index contributed by atoms with van der Waals surface area (Å²) in [6, 6.07) is 22.7. The number of piperidine rings is 1. The van der Waals surface area contributed by atoms with Gasteiger partial charge in [0.05, 0.1) is 35.9 Å². The van der Waals surface area contributed by atoms with Crippen molar-refractivity contribution in [3.05, 3.63) is 143 Å². The van der Waals surface area contributed by atoms with Gasteiger partial charge in [-0.3, -0.25) is 9.59 Å². The van der Waals surface area contributed by atoms with Gasteiger partial charge < -0.3 is 35.3 Å². The summed E-state index contributed by atoms with van der Waals surface area (Å²) in [6.07, 6.45) is 23.0. The Morgan fingerprint density at radius 3 is 2.02 bits per heavy atom. The smallest absolute Gasteiger partial charge is 0.244 e. The SMILES string of the molecule is CNC(C(=O)N1CCCC1c1ncc(-c2ccc(-c3ccc(-c4cnc([C@@H]5CCCN5C(=O)[C@@H](NC)C5=CC=CC=CC5)[nH]4)cc3)c3c2CCC32CCN(C)CC2)[nH]1)c1ccccc1. The number of aromatic amines is 2. The lowest BCUT2D eigenvalue weighted by molar-refractivity contribution is -0.135. The van der Waals surface area contributed by atoms with Crippen LogP contribution in [0.5, 0.6) is 0 Å². The lowest BCUT2D eigenvalue weighted by Gasteiger charge is -2.40. The van der Waals surface area contributed by atoms with Crippen LogP contribution in [-0.2, 0) is 21.4 Å². The van der Waals surface area contributed by atoms with E-state index in [-0.39, 0.29) is 35.4 Å². The van der Waals surface area contributed by atoms with Crippen LogP contribution < -0.4 is 10.6 Å². The largest absolute Gasteiger partial charge is 0.340 e. The molecule has 2 unspecified atom stereocenters. The van der Waals surface area contributed by atoms with Gasteiger partial charge in [0.15, 0.2) is 0 Å². The number of carbonyl (C=O) groups is 2. The number of nitrogens with one attached hydrogen (secondary N) is 4. The number of rotatable bonds is 11. The van der Waals surface area contributed by atoms with Crippen LogP contribution in [0.2, 0.25) is 0 Å². The van der Waals surface area contributed by atoms with Crippen LogP contribution in [-0.4, -0.2) is 99.8 Å². The molecule has 3 aliphatic heterocycles. The minimum Gasteiger partial charge on any atom is -0.340 e. The number of imidazole rings is 2. The van der Waals surface area contributed by atoms with Gasteiger partial charge in [-0.1, -0.05) is 97.1 Å². The molecule has 0 bridgehead atoms. The standard InChI is InChI=1S/C53H61N9O2/c1-54-47(37-13-7-4-5-8-14-37)51(63)61-29-11-17-44(61)49-56-33-42(58-49)36-21-19-35(20-22-36)39-23-24-40(41-25-26-53(46(39)41)27-31-60(3)32-28-53)43-34-57-50(59-43)45-18-12-30-62(45)52(64)48(55-2)38-15-9-6-10-16-38/h4-10,13,15-16,19-24,33-34,44-45,47-48,54-55H,11-12,14,17-18,25-32H2,1-3H3,(H,56,58)(H,57,59)/t44-,45?,47-,48?/m0/s1. The molecule has 5 aromatic rings. The van der Waals surface area contributed by atoms with Gasteiger partial charge in [0.1, 0.15) is 23.7 Å². The van der Waals surface area contributed by atoms with Crippen LogP contribution in [0, 0.1) is 0 Å². The molecule has 4 N–H and O–H groups in total. The highest BCUT2D eigenvalue weighted by Gasteiger charge is 2.44. The first-order valence-electron chi connectivity index (χ1n) is 23.4. The Morgan fingerprint density at radius 1 is 0.703 bits per heavy atom. The van der Waals surface area contributed by atoms with E-state index in [4.69, 9.17) is 9.97 Å². The van der Waals surface area contributed by atoms with Crippen LogP contribution in [0.4, 0.5) is 0 Å². The number of carbonyl (C=O) groups excluding carboxylic acids is 2. The molecule has 64 heavy (non-hydrogen) atoms. The molecule has 3 aromatic carbocycles. The second-order valence-corrected chi connectivity index (χ2v) is 18.5. The van der Waals surface area contributed by atoms with Crippen LogP contribution in [0.15, 0.2) is 115 Å². The Labute approximate surface area is 377 Å². The fourth-order valence-corrected chi connectivity index (χ4v) is 11.5. The summed E-state index contributed by atoms with van der Waals surface area (Å²) in [5.41, 5.74) is 11.9. The van der Waals surface area contributed by atoms with Crippen molar-refractivity contribution >= 4 is 11.8 Å². The monoisotopic (exact) mass is 855 g/mol. The fourth-order valence-electron chi connectivity index (χ4n) is 11.5. The summed E-state index contributed by atoms with van der Waals surface area (Å²) in [5, 5.41) is 6.56. The summed E-state index contributed by atoms with van der Waals surface area (Å²) < 4.78 is 0. The van der Waals surface area contributed by atoms with Gasteiger partial charge in [0, 0.05) is 18.7 Å². The Hall–Kier alpha value is -5.88. The van der Waals surface area contributed by atoms with E-state index in [0.717, 1.165) is 124 Å². The van der Waals surface area contributed by atoms with E-state index in [1.807, 2.05) is 84.8 Å². The van der Waals surface area contributed by atoms with E-state index >= 15 is 0 Å². The van der Waals surface area contributed by atoms with Gasteiger partial charge in [0.2, 0.25) is 11.8 Å². The minimum absolute atomic E-state index is 0.0865. The number of nitrogens with zero attached hydrogens (tertiary/aromatic N) is 5. The van der Waals surface area contributed by atoms with Crippen LogP contribution in [0.3, 0.4) is 0 Å². The summed E-state index contributed by atoms with van der Waals surface area (Å²) in [7, 11) is 5.98. The van der Waals surface area contributed by atoms with Crippen molar-refractivity contribution in [1.82, 2.24) is 45.3 Å². The number of aromatic nitrogens is 4. The van der Waals surface area contributed by atoms with E-state index in [9.17, 15) is 9.59 Å². The highest BCUT2D eigenvalue weighted by Crippen LogP contribution is 2.52. The maximum atomic E-state index is 14.0. The Kier molecular flexibility index (Phi) is 11.8. The second-order valence-electron chi connectivity index (χ2n) is 18.5. The number of hydrogen-bond donors (Lipinski definition) is 4. The molecule has 5 heterocycles. The third-order valence-electron chi connectivity index (χ3n) is 14.9. The molecule has 4 atom stereocenters. The molecular formula is C53H61N9O2. The third-order valence-corrected chi connectivity index (χ3v) is 14.9. The van der Waals surface area contributed by atoms with Crippen molar-refractivity contribution in [2.24, 2.45) is 0 Å². The first-order chi connectivity index (χ1) is 31.4. The maximum absolute atomic E-state index is 14.0. The van der Waals surface area contributed by atoms with Crippen molar-refractivity contribution in [2.75, 3.05) is 47.3 Å². The predicted molar refractivity (Wildman–Crippen MR) is 253 cm³/mol. The number of benzene rings is 3. The summed E-state index contributed by atoms with van der Waals surface area (Å²) in [4.78, 5) is 51.8. The summed E-state index contributed by atoms with van der Waals surface area (Å²) in [6.45, 7) is 3.62. The van der Waals surface area contributed by atoms with Gasteiger partial charge in [0.25, 0.3) is 0 Å². The number of likely N-dealkylation sites (tertiary alicyclic amines) is 3. The van der Waals surface area contributed by atoms with Gasteiger partial charge >= 0.3 is 0 Å². The van der Waals surface area contributed by atoms with E-state index in [1.54, 1.807) is 0 Å². The predicted octanol–water partition coefficient (Wildman–Crippen LogP) is 8.36. The second kappa shape index (κ2) is 17.9. The third kappa shape index (κ3) is 7.77. The van der Waals surface area contributed by atoms with Crippen molar-refractivity contribution in [3.63, 3.8) is 0 Å². The molecule has 1 spiro atoms. The molecule has 3 saturated heterocycles. The van der Waals surface area contributed by atoms with Crippen molar-refractivity contribution < 1.29 is 9.59 Å². The maximum Gasteiger partial charge on any atom is 0.244 e. The molecule has 0 radical (unpaired) electrons. The number of fused-ring (bicyclic) bond motifs is 2. The molecule has 3 fully saturated rings. The van der Waals surface area contributed by atoms with Crippen LogP contribution in [0.1, 0.15) is 97.8 Å². The van der Waals surface area contributed by atoms with Crippen LogP contribution in [0.25, 0.3) is 33.6 Å². The zero-order valence-electron chi connectivity index (χ0n) is 37.4. The van der Waals surface area contributed by atoms with Gasteiger partial charge in [-0.2, -0.15) is 0 Å². The average Bonchev–Trinajstić information content (AvgIpc) is 4.19. The summed E-state index contributed by atoms with van der Waals surface area (Å²) in [5.74, 6) is 1.90.